The molecule has 1 fully saturated rings. The van der Waals surface area contributed by atoms with Crippen LogP contribution in [0.3, 0.4) is 0 Å². The lowest BCUT2D eigenvalue weighted by Gasteiger charge is -2.35. The van der Waals surface area contributed by atoms with Crippen molar-refractivity contribution in [1.82, 2.24) is 9.80 Å². The third-order valence-corrected chi connectivity index (χ3v) is 3.15. The number of hydrogen-bond donors (Lipinski definition) is 2. The van der Waals surface area contributed by atoms with Gasteiger partial charge in [0, 0.05) is 26.2 Å². The molecule has 0 aliphatic carbocycles. The lowest BCUT2D eigenvalue weighted by atomic mass is 10.1. The summed E-state index contributed by atoms with van der Waals surface area (Å²) in [6.07, 6.45) is 1.13. The highest BCUT2D eigenvalue weighted by Gasteiger charge is 2.26. The van der Waals surface area contributed by atoms with Gasteiger partial charge in [0.25, 0.3) is 0 Å². The number of hydrogen-bond acceptors (Lipinski definition) is 4. The van der Waals surface area contributed by atoms with Crippen molar-refractivity contribution >= 4 is 11.7 Å². The molecule has 0 aromatic heterocycles. The molecule has 6 heteroatoms. The number of nitrogens with zero attached hydrogens (tertiary/aromatic N) is 3. The molecule has 1 rings (SSSR count). The van der Waals surface area contributed by atoms with Crippen LogP contribution in [0.15, 0.2) is 5.16 Å². The van der Waals surface area contributed by atoms with Crippen LogP contribution in [0, 0.1) is 5.92 Å². The third-order valence-electron chi connectivity index (χ3n) is 3.15. The van der Waals surface area contributed by atoms with Gasteiger partial charge in [0.05, 0.1) is 5.92 Å². The predicted octanol–water partition coefficient (Wildman–Crippen LogP) is -0.0769. The van der Waals surface area contributed by atoms with Gasteiger partial charge in [-0.1, -0.05) is 12.1 Å². The van der Waals surface area contributed by atoms with Crippen molar-refractivity contribution in [1.29, 1.82) is 0 Å². The molecule has 0 spiro atoms. The van der Waals surface area contributed by atoms with E-state index in [9.17, 15) is 4.79 Å². The fourth-order valence-electron chi connectivity index (χ4n) is 2.00. The second kappa shape index (κ2) is 6.44. The fourth-order valence-corrected chi connectivity index (χ4v) is 2.00. The molecule has 0 radical (unpaired) electrons. The summed E-state index contributed by atoms with van der Waals surface area (Å²) in [4.78, 5) is 16.1. The lowest BCUT2D eigenvalue weighted by molar-refractivity contribution is -0.134. The summed E-state index contributed by atoms with van der Waals surface area (Å²) < 4.78 is 0. The number of nitrogens with two attached hydrogens (primary N) is 1. The normalized spacial score (nSPS) is 20.4. The molecule has 1 saturated heterocycles. The third kappa shape index (κ3) is 3.59. The van der Waals surface area contributed by atoms with Gasteiger partial charge in [0.15, 0.2) is 5.84 Å². The van der Waals surface area contributed by atoms with Gasteiger partial charge >= 0.3 is 0 Å². The number of oxime groups is 1. The first-order valence-corrected chi connectivity index (χ1v) is 6.08. The van der Waals surface area contributed by atoms with E-state index in [-0.39, 0.29) is 11.7 Å². The van der Waals surface area contributed by atoms with Crippen LogP contribution in [0.4, 0.5) is 0 Å². The van der Waals surface area contributed by atoms with Gasteiger partial charge in [-0.15, -0.1) is 0 Å². The number of rotatable bonds is 4. The minimum atomic E-state index is -0.544. The van der Waals surface area contributed by atoms with E-state index >= 15 is 0 Å². The number of carbonyl (C=O) groups excluding carboxylic acids is 1. The Hall–Kier alpha value is -1.30. The van der Waals surface area contributed by atoms with Crippen LogP contribution in [0.25, 0.3) is 0 Å². The van der Waals surface area contributed by atoms with Crippen LogP contribution in [0.2, 0.25) is 0 Å². The van der Waals surface area contributed by atoms with Crippen molar-refractivity contribution in [2.45, 2.75) is 20.3 Å². The molecule has 1 amide bonds. The molecule has 17 heavy (non-hydrogen) atoms. The fraction of sp³-hybridized carbons (Fsp3) is 0.818. The summed E-state index contributed by atoms with van der Waals surface area (Å²) in [6, 6.07) is 0. The largest absolute Gasteiger partial charge is 0.409 e. The Labute approximate surface area is 102 Å². The molecule has 0 aromatic carbocycles. The molecule has 0 bridgehead atoms. The highest BCUT2D eigenvalue weighted by atomic mass is 16.4. The molecule has 98 valence electrons. The summed E-state index contributed by atoms with van der Waals surface area (Å²) in [5, 5.41) is 11.4. The molecule has 0 aromatic rings. The minimum Gasteiger partial charge on any atom is -0.409 e. The lowest BCUT2D eigenvalue weighted by Crippen LogP contribution is -2.51. The molecule has 1 unspecified atom stereocenters. The van der Waals surface area contributed by atoms with Crippen molar-refractivity contribution in [2.24, 2.45) is 16.8 Å². The molecule has 1 heterocycles. The van der Waals surface area contributed by atoms with Crippen LogP contribution in [0.5, 0.6) is 0 Å². The highest BCUT2D eigenvalue weighted by molar-refractivity contribution is 6.01. The Morgan fingerprint density at radius 1 is 1.41 bits per heavy atom. The average Bonchev–Trinajstić information content (AvgIpc) is 2.37. The van der Waals surface area contributed by atoms with Crippen molar-refractivity contribution in [2.75, 3.05) is 32.7 Å². The molecular weight excluding hydrogens is 220 g/mol. The first-order chi connectivity index (χ1) is 8.10. The Morgan fingerprint density at radius 2 is 2.00 bits per heavy atom. The molecule has 0 saturated carbocycles. The molecule has 1 atom stereocenters. The standard InChI is InChI=1S/C11H22N4O2/c1-3-4-14-5-7-15(8-6-14)11(16)9(2)10(12)13-17/h9,17H,3-8H2,1-2H3,(H2,12,13). The van der Waals surface area contributed by atoms with E-state index in [1.807, 2.05) is 0 Å². The SMILES string of the molecule is CCCN1CCN(C(=O)C(C)C(N)=NO)CC1. The minimum absolute atomic E-state index is 0.0222. The molecular formula is C11H22N4O2. The molecule has 1 aliphatic rings. The summed E-state index contributed by atoms with van der Waals surface area (Å²) in [6.45, 7) is 8.15. The monoisotopic (exact) mass is 242 g/mol. The van der Waals surface area contributed by atoms with Crippen LogP contribution in [-0.4, -0.2) is 59.5 Å². The van der Waals surface area contributed by atoms with Crippen LogP contribution in [0.1, 0.15) is 20.3 Å². The number of piperazine rings is 1. The highest BCUT2D eigenvalue weighted by Crippen LogP contribution is 2.08. The maximum Gasteiger partial charge on any atom is 0.233 e. The summed E-state index contributed by atoms with van der Waals surface area (Å²) in [7, 11) is 0. The average molecular weight is 242 g/mol. The van der Waals surface area contributed by atoms with E-state index in [2.05, 4.69) is 17.0 Å². The van der Waals surface area contributed by atoms with E-state index in [1.165, 1.54) is 0 Å². The zero-order valence-corrected chi connectivity index (χ0v) is 10.6. The Balaban J connectivity index is 2.46. The summed E-state index contributed by atoms with van der Waals surface area (Å²) in [5.74, 6) is -0.625. The maximum atomic E-state index is 12.0. The topological polar surface area (TPSA) is 82.2 Å². The Bertz CT molecular complexity index is 285. The predicted molar refractivity (Wildman–Crippen MR) is 65.9 cm³/mol. The van der Waals surface area contributed by atoms with Crippen molar-refractivity contribution in [3.05, 3.63) is 0 Å². The van der Waals surface area contributed by atoms with Gasteiger partial charge in [-0.05, 0) is 19.9 Å². The van der Waals surface area contributed by atoms with Crippen LogP contribution < -0.4 is 5.73 Å². The second-order valence-corrected chi connectivity index (χ2v) is 4.41. The van der Waals surface area contributed by atoms with Crippen molar-refractivity contribution in [3.8, 4) is 0 Å². The molecule has 1 aliphatic heterocycles. The number of carbonyl (C=O) groups is 1. The van der Waals surface area contributed by atoms with Crippen molar-refractivity contribution < 1.29 is 10.0 Å². The van der Waals surface area contributed by atoms with Gasteiger partial charge in [0.2, 0.25) is 5.91 Å². The van der Waals surface area contributed by atoms with Gasteiger partial charge < -0.3 is 15.8 Å². The first-order valence-electron chi connectivity index (χ1n) is 6.08. The first kappa shape index (κ1) is 13.8. The number of amides is 1. The van der Waals surface area contributed by atoms with Gasteiger partial charge in [0.1, 0.15) is 0 Å². The van der Waals surface area contributed by atoms with E-state index in [4.69, 9.17) is 10.9 Å². The van der Waals surface area contributed by atoms with Gasteiger partial charge in [-0.2, -0.15) is 0 Å². The quantitative estimate of drug-likeness (QED) is 0.313. The van der Waals surface area contributed by atoms with Gasteiger partial charge in [-0.25, -0.2) is 0 Å². The van der Waals surface area contributed by atoms with Crippen LogP contribution in [-0.2, 0) is 4.79 Å². The van der Waals surface area contributed by atoms with Gasteiger partial charge in [-0.3, -0.25) is 9.69 Å². The van der Waals surface area contributed by atoms with E-state index in [1.54, 1.807) is 11.8 Å². The summed E-state index contributed by atoms with van der Waals surface area (Å²) in [5.41, 5.74) is 5.44. The molecule has 6 nitrogen and oxygen atoms in total. The smallest absolute Gasteiger partial charge is 0.233 e. The van der Waals surface area contributed by atoms with Crippen molar-refractivity contribution in [3.63, 3.8) is 0 Å². The molecule has 3 N–H and O–H groups in total. The maximum absolute atomic E-state index is 12.0. The summed E-state index contributed by atoms with van der Waals surface area (Å²) >= 11 is 0. The van der Waals surface area contributed by atoms with E-state index < -0.39 is 5.92 Å². The van der Waals surface area contributed by atoms with Crippen LogP contribution >= 0.6 is 0 Å². The second-order valence-electron chi connectivity index (χ2n) is 4.41. The zero-order chi connectivity index (χ0) is 12.8. The zero-order valence-electron chi connectivity index (χ0n) is 10.6. The Morgan fingerprint density at radius 3 is 2.47 bits per heavy atom. The van der Waals surface area contributed by atoms with E-state index in [0.717, 1.165) is 39.1 Å². The van der Waals surface area contributed by atoms with E-state index in [0.29, 0.717) is 0 Å². The Kier molecular flexibility index (Phi) is 5.21. The number of amidine groups is 1.